The van der Waals surface area contributed by atoms with Crippen LogP contribution in [0.4, 0.5) is 0 Å². The molecule has 1 saturated heterocycles. The third kappa shape index (κ3) is 4.37. The smallest absolute Gasteiger partial charge is 0.353 e. The average Bonchev–Trinajstić information content (AvgIpc) is 3.28. The molecule has 2 amide bonds. The number of rotatable bonds is 8. The third-order valence-corrected chi connectivity index (χ3v) is 8.17. The van der Waals surface area contributed by atoms with Gasteiger partial charge >= 0.3 is 5.97 Å². The first-order valence-corrected chi connectivity index (χ1v) is 12.1. The van der Waals surface area contributed by atoms with E-state index in [1.807, 2.05) is 30.3 Å². The van der Waals surface area contributed by atoms with Gasteiger partial charge in [0, 0.05) is 33.1 Å². The van der Waals surface area contributed by atoms with Crippen molar-refractivity contribution in [2.24, 2.45) is 0 Å². The summed E-state index contributed by atoms with van der Waals surface area (Å²) in [5, 5.41) is 18.7. The molecule has 0 saturated carbocycles. The molecule has 8 nitrogen and oxygen atoms in total. The molecule has 0 aliphatic carbocycles. The molecule has 11 heteroatoms. The van der Waals surface area contributed by atoms with E-state index in [9.17, 15) is 19.5 Å². The summed E-state index contributed by atoms with van der Waals surface area (Å²) in [6.45, 7) is 0. The predicted molar refractivity (Wildman–Crippen MR) is 117 cm³/mol. The molecule has 2 aliphatic rings. The number of carbonyl (C=O) groups excluding carboxylic acids is 2. The maximum Gasteiger partial charge on any atom is 0.353 e. The lowest BCUT2D eigenvalue weighted by Crippen LogP contribution is -2.70. The highest BCUT2D eigenvalue weighted by molar-refractivity contribution is 8.05. The number of H-pyrrole nitrogens is 1. The summed E-state index contributed by atoms with van der Waals surface area (Å²) < 4.78 is 0. The van der Waals surface area contributed by atoms with Crippen molar-refractivity contribution in [1.82, 2.24) is 20.4 Å². The maximum absolute atomic E-state index is 12.7. The topological polar surface area (TPSA) is 115 Å². The Morgan fingerprint density at radius 2 is 2.10 bits per heavy atom. The average molecular weight is 463 g/mol. The fraction of sp³-hybridized carbons (Fsp3) is 0.263. The predicted octanol–water partition coefficient (Wildman–Crippen LogP) is 2.13. The number of hydrogen-bond acceptors (Lipinski definition) is 7. The van der Waals surface area contributed by atoms with Crippen molar-refractivity contribution >= 4 is 53.1 Å². The molecule has 0 unspecified atom stereocenters. The second-order valence-corrected chi connectivity index (χ2v) is 9.75. The van der Waals surface area contributed by atoms with Gasteiger partial charge in [-0.15, -0.1) is 35.3 Å². The van der Waals surface area contributed by atoms with Gasteiger partial charge in [0.1, 0.15) is 17.1 Å². The van der Waals surface area contributed by atoms with Gasteiger partial charge in [0.15, 0.2) is 0 Å². The van der Waals surface area contributed by atoms with Crippen LogP contribution in [0.1, 0.15) is 5.56 Å². The number of aromatic nitrogens is 2. The molecule has 1 aromatic carbocycles. The number of carboxylic acids is 1. The van der Waals surface area contributed by atoms with E-state index in [1.54, 1.807) is 12.4 Å². The van der Waals surface area contributed by atoms with Crippen LogP contribution in [-0.2, 0) is 20.1 Å². The van der Waals surface area contributed by atoms with Crippen molar-refractivity contribution in [3.05, 3.63) is 58.9 Å². The Hall–Kier alpha value is -2.37. The lowest BCUT2D eigenvalue weighted by Gasteiger charge is -2.49. The number of carboxylic acid groups (broad SMARTS) is 1. The number of amides is 2. The monoisotopic (exact) mass is 462 g/mol. The SMILES string of the molecule is O=C(CSc1ccccc1)N[C@@H]1C(=O)N2C(C(=O)O)=C(SCc3cn[nH]c3)CS[C@H]12. The largest absolute Gasteiger partial charge is 0.477 e. The van der Waals surface area contributed by atoms with E-state index >= 15 is 0 Å². The maximum atomic E-state index is 12.7. The molecule has 3 N–H and O–H groups in total. The zero-order valence-electron chi connectivity index (χ0n) is 15.6. The molecule has 3 heterocycles. The molecule has 156 valence electrons. The first kappa shape index (κ1) is 20.9. The molecular formula is C19H18N4O4S3. The fourth-order valence-electron chi connectivity index (χ4n) is 3.11. The minimum atomic E-state index is -1.13. The Balaban J connectivity index is 1.38. The van der Waals surface area contributed by atoms with Gasteiger partial charge in [-0.05, 0) is 12.1 Å². The van der Waals surface area contributed by atoms with E-state index < -0.39 is 17.4 Å². The van der Waals surface area contributed by atoms with Crippen LogP contribution < -0.4 is 5.32 Å². The molecule has 0 radical (unpaired) electrons. The Labute approximate surface area is 185 Å². The van der Waals surface area contributed by atoms with Gasteiger partial charge in [-0.2, -0.15) is 5.10 Å². The van der Waals surface area contributed by atoms with E-state index in [0.717, 1.165) is 10.5 Å². The number of carbonyl (C=O) groups is 3. The van der Waals surface area contributed by atoms with Gasteiger partial charge in [-0.1, -0.05) is 18.2 Å². The molecule has 0 bridgehead atoms. The van der Waals surface area contributed by atoms with Crippen LogP contribution >= 0.6 is 35.3 Å². The van der Waals surface area contributed by atoms with Crippen molar-refractivity contribution < 1.29 is 19.5 Å². The van der Waals surface area contributed by atoms with Gasteiger partial charge in [0.25, 0.3) is 5.91 Å². The highest BCUT2D eigenvalue weighted by Gasteiger charge is 2.54. The van der Waals surface area contributed by atoms with E-state index in [-0.39, 0.29) is 23.3 Å². The second kappa shape index (κ2) is 9.19. The summed E-state index contributed by atoms with van der Waals surface area (Å²) >= 11 is 4.24. The lowest BCUT2D eigenvalue weighted by molar-refractivity contribution is -0.150. The Morgan fingerprint density at radius 1 is 1.30 bits per heavy atom. The fourth-order valence-corrected chi connectivity index (χ4v) is 6.39. The van der Waals surface area contributed by atoms with E-state index in [1.165, 1.54) is 40.2 Å². The minimum absolute atomic E-state index is 0.0152. The van der Waals surface area contributed by atoms with Crippen molar-refractivity contribution in [3.8, 4) is 0 Å². The van der Waals surface area contributed by atoms with Crippen LogP contribution in [0.5, 0.6) is 0 Å². The van der Waals surface area contributed by atoms with E-state index in [2.05, 4.69) is 15.5 Å². The number of aromatic amines is 1. The molecule has 2 atom stereocenters. The van der Waals surface area contributed by atoms with E-state index in [0.29, 0.717) is 16.4 Å². The van der Waals surface area contributed by atoms with Gasteiger partial charge in [0.2, 0.25) is 5.91 Å². The summed E-state index contributed by atoms with van der Waals surface area (Å²) in [6, 6.07) is 8.83. The number of benzene rings is 1. The summed E-state index contributed by atoms with van der Waals surface area (Å²) in [7, 11) is 0. The second-order valence-electron chi connectivity index (χ2n) is 6.53. The number of nitrogens with one attached hydrogen (secondary N) is 2. The third-order valence-electron chi connectivity index (χ3n) is 4.53. The lowest BCUT2D eigenvalue weighted by atomic mass is 10.1. The van der Waals surface area contributed by atoms with Crippen LogP contribution in [0.15, 0.2) is 58.2 Å². The Bertz CT molecular complexity index is 981. The standard InChI is InChI=1S/C19H18N4O4S3/c24-14(10-28-12-4-2-1-3-5-12)22-15-17(25)23-16(19(26)27)13(9-30-18(15)23)29-8-11-6-20-21-7-11/h1-7,15,18H,8-10H2,(H,20,21)(H,22,24)(H,26,27)/t15-,18-/m1/s1. The van der Waals surface area contributed by atoms with Gasteiger partial charge in [-0.3, -0.25) is 19.6 Å². The molecule has 30 heavy (non-hydrogen) atoms. The van der Waals surface area contributed by atoms with Gasteiger partial charge < -0.3 is 10.4 Å². The van der Waals surface area contributed by atoms with Crippen LogP contribution in [0.25, 0.3) is 0 Å². The summed E-state index contributed by atoms with van der Waals surface area (Å²) in [5.41, 5.74) is 0.960. The number of thioether (sulfide) groups is 3. The van der Waals surface area contributed by atoms with Crippen molar-refractivity contribution in [2.75, 3.05) is 11.5 Å². The van der Waals surface area contributed by atoms with Crippen LogP contribution in [0.2, 0.25) is 0 Å². The number of β-lactam (4-membered cyclic amide) rings is 1. The normalized spacial score (nSPS) is 20.5. The van der Waals surface area contributed by atoms with Crippen molar-refractivity contribution in [3.63, 3.8) is 0 Å². The molecule has 1 aromatic heterocycles. The molecule has 2 aliphatic heterocycles. The van der Waals surface area contributed by atoms with E-state index in [4.69, 9.17) is 0 Å². The van der Waals surface area contributed by atoms with Crippen LogP contribution in [0, 0.1) is 0 Å². The number of nitrogens with zero attached hydrogens (tertiary/aromatic N) is 2. The zero-order chi connectivity index (χ0) is 21.1. The van der Waals surface area contributed by atoms with Gasteiger partial charge in [0.05, 0.1) is 11.9 Å². The molecule has 1 fully saturated rings. The van der Waals surface area contributed by atoms with Crippen molar-refractivity contribution in [1.29, 1.82) is 0 Å². The number of aliphatic carboxylic acids is 1. The summed E-state index contributed by atoms with van der Waals surface area (Å²) in [4.78, 5) is 39.7. The number of hydrogen-bond donors (Lipinski definition) is 3. The van der Waals surface area contributed by atoms with Gasteiger partial charge in [-0.25, -0.2) is 4.79 Å². The number of fused-ring (bicyclic) bond motifs is 1. The van der Waals surface area contributed by atoms with Crippen LogP contribution in [-0.4, -0.2) is 60.9 Å². The summed E-state index contributed by atoms with van der Waals surface area (Å²) in [6.07, 6.45) is 3.43. The van der Waals surface area contributed by atoms with Crippen molar-refractivity contribution in [2.45, 2.75) is 22.1 Å². The summed E-state index contributed by atoms with van der Waals surface area (Å²) in [5.74, 6) is -0.532. The Morgan fingerprint density at radius 3 is 2.80 bits per heavy atom. The highest BCUT2D eigenvalue weighted by atomic mass is 32.2. The molecule has 0 spiro atoms. The molecular weight excluding hydrogens is 444 g/mol. The molecule has 2 aromatic rings. The quantitative estimate of drug-likeness (QED) is 0.404. The Kier molecular flexibility index (Phi) is 6.40. The first-order valence-electron chi connectivity index (χ1n) is 9.03. The zero-order valence-corrected chi connectivity index (χ0v) is 18.1. The first-order chi connectivity index (χ1) is 14.5. The van der Waals surface area contributed by atoms with Crippen LogP contribution in [0.3, 0.4) is 0 Å². The minimum Gasteiger partial charge on any atom is -0.477 e. The molecule has 4 rings (SSSR count). The highest BCUT2D eigenvalue weighted by Crippen LogP contribution is 2.44.